The summed E-state index contributed by atoms with van der Waals surface area (Å²) in [6.07, 6.45) is 3.53. The molecule has 0 saturated carbocycles. The smallest absolute Gasteiger partial charge is 0.259 e. The van der Waals surface area contributed by atoms with E-state index in [1.54, 1.807) is 26.5 Å². The Balaban J connectivity index is 1.36. The van der Waals surface area contributed by atoms with Crippen molar-refractivity contribution in [2.45, 2.75) is 25.3 Å². The molecule has 0 atom stereocenters. The standard InChI is InChI=1S/C21H24N4O4/c1-27-17-5-3-14(11-18(17)28-2)13-25-9-7-15(8-10-25)20-23-21(29-24-20)16-4-6-19(26)22-12-16/h3-6,11-12,15H,7-10,13H2,1-2H3,(H,22,26). The fraction of sp³-hybridized carbons (Fsp3) is 0.381. The summed E-state index contributed by atoms with van der Waals surface area (Å²) in [5.74, 6) is 2.93. The Kier molecular flexibility index (Phi) is 5.62. The van der Waals surface area contributed by atoms with Crippen molar-refractivity contribution in [1.82, 2.24) is 20.0 Å². The van der Waals surface area contributed by atoms with Crippen LogP contribution in [-0.4, -0.2) is 47.3 Å². The number of ether oxygens (including phenoxy) is 2. The van der Waals surface area contributed by atoms with Crippen molar-refractivity contribution >= 4 is 0 Å². The molecule has 29 heavy (non-hydrogen) atoms. The number of aromatic amines is 1. The van der Waals surface area contributed by atoms with E-state index in [1.165, 1.54) is 11.6 Å². The number of H-pyrrole nitrogens is 1. The Bertz CT molecular complexity index is 1000. The predicted molar refractivity (Wildman–Crippen MR) is 107 cm³/mol. The van der Waals surface area contributed by atoms with E-state index in [2.05, 4.69) is 26.1 Å². The van der Waals surface area contributed by atoms with E-state index in [1.807, 2.05) is 12.1 Å². The van der Waals surface area contributed by atoms with Crippen molar-refractivity contribution in [3.63, 3.8) is 0 Å². The fourth-order valence-electron chi connectivity index (χ4n) is 3.65. The Morgan fingerprint density at radius 2 is 1.93 bits per heavy atom. The van der Waals surface area contributed by atoms with Crippen LogP contribution in [0.1, 0.15) is 30.1 Å². The first kappa shape index (κ1) is 19.2. The SMILES string of the molecule is COc1ccc(CN2CCC(c3noc(-c4ccc(=O)[nH]c4)n3)CC2)cc1OC. The number of benzene rings is 1. The van der Waals surface area contributed by atoms with Crippen LogP contribution in [0.4, 0.5) is 0 Å². The topological polar surface area (TPSA) is 93.5 Å². The van der Waals surface area contributed by atoms with Gasteiger partial charge < -0.3 is 19.0 Å². The van der Waals surface area contributed by atoms with E-state index in [0.29, 0.717) is 11.5 Å². The van der Waals surface area contributed by atoms with Crippen molar-refractivity contribution in [2.75, 3.05) is 27.3 Å². The molecule has 1 aromatic carbocycles. The molecule has 3 aromatic rings. The van der Waals surface area contributed by atoms with Crippen LogP contribution in [0.3, 0.4) is 0 Å². The molecule has 1 saturated heterocycles. The lowest BCUT2D eigenvalue weighted by atomic mass is 9.96. The molecule has 0 bridgehead atoms. The molecular formula is C21H24N4O4. The Morgan fingerprint density at radius 3 is 2.62 bits per heavy atom. The second-order valence-electron chi connectivity index (χ2n) is 7.14. The van der Waals surface area contributed by atoms with Crippen LogP contribution >= 0.6 is 0 Å². The number of pyridine rings is 1. The molecular weight excluding hydrogens is 372 g/mol. The molecule has 1 aliphatic heterocycles. The lowest BCUT2D eigenvalue weighted by Gasteiger charge is -2.30. The Morgan fingerprint density at radius 1 is 1.14 bits per heavy atom. The highest BCUT2D eigenvalue weighted by atomic mass is 16.5. The third-order valence-electron chi connectivity index (χ3n) is 5.28. The minimum atomic E-state index is -0.157. The van der Waals surface area contributed by atoms with Crippen molar-refractivity contribution in [3.05, 3.63) is 58.3 Å². The van der Waals surface area contributed by atoms with Crippen molar-refractivity contribution < 1.29 is 14.0 Å². The number of likely N-dealkylation sites (tertiary alicyclic amines) is 1. The largest absolute Gasteiger partial charge is 0.493 e. The zero-order chi connectivity index (χ0) is 20.2. The van der Waals surface area contributed by atoms with Crippen LogP contribution in [0.2, 0.25) is 0 Å². The summed E-state index contributed by atoms with van der Waals surface area (Å²) in [6.45, 7) is 2.78. The lowest BCUT2D eigenvalue weighted by molar-refractivity contribution is 0.200. The average molecular weight is 396 g/mol. The van der Waals surface area contributed by atoms with Gasteiger partial charge in [-0.25, -0.2) is 0 Å². The molecule has 1 aliphatic rings. The molecule has 0 aliphatic carbocycles. The number of hydrogen-bond donors (Lipinski definition) is 1. The third kappa shape index (κ3) is 4.32. The van der Waals surface area contributed by atoms with E-state index in [0.717, 1.165) is 49.8 Å². The van der Waals surface area contributed by atoms with Gasteiger partial charge in [0, 0.05) is 24.7 Å². The maximum atomic E-state index is 11.2. The molecule has 152 valence electrons. The number of nitrogens with one attached hydrogen (secondary N) is 1. The van der Waals surface area contributed by atoms with Crippen LogP contribution < -0.4 is 15.0 Å². The second kappa shape index (κ2) is 8.48. The summed E-state index contributed by atoms with van der Waals surface area (Å²) in [5.41, 5.74) is 1.76. The van der Waals surface area contributed by atoms with Gasteiger partial charge >= 0.3 is 0 Å². The summed E-state index contributed by atoms with van der Waals surface area (Å²) in [5, 5.41) is 4.16. The van der Waals surface area contributed by atoms with Gasteiger partial charge in [-0.3, -0.25) is 9.69 Å². The van der Waals surface area contributed by atoms with E-state index >= 15 is 0 Å². The summed E-state index contributed by atoms with van der Waals surface area (Å²) in [6, 6.07) is 9.18. The fourth-order valence-corrected chi connectivity index (χ4v) is 3.65. The molecule has 3 heterocycles. The number of nitrogens with zero attached hydrogens (tertiary/aromatic N) is 3. The van der Waals surface area contributed by atoms with Crippen LogP contribution in [0.5, 0.6) is 11.5 Å². The monoisotopic (exact) mass is 396 g/mol. The van der Waals surface area contributed by atoms with Gasteiger partial charge in [0.05, 0.1) is 19.8 Å². The molecule has 0 spiro atoms. The zero-order valence-electron chi connectivity index (χ0n) is 16.6. The second-order valence-corrected chi connectivity index (χ2v) is 7.14. The number of piperidine rings is 1. The molecule has 2 aromatic heterocycles. The van der Waals surface area contributed by atoms with Gasteiger partial charge in [0.15, 0.2) is 17.3 Å². The Hall–Kier alpha value is -3.13. The van der Waals surface area contributed by atoms with Gasteiger partial charge in [0.1, 0.15) is 0 Å². The highest BCUT2D eigenvalue weighted by Crippen LogP contribution is 2.31. The Labute approximate surface area is 168 Å². The maximum absolute atomic E-state index is 11.2. The van der Waals surface area contributed by atoms with Crippen molar-refractivity contribution in [1.29, 1.82) is 0 Å². The molecule has 4 rings (SSSR count). The number of hydrogen-bond acceptors (Lipinski definition) is 7. The molecule has 1 N–H and O–H groups in total. The summed E-state index contributed by atoms with van der Waals surface area (Å²) >= 11 is 0. The maximum Gasteiger partial charge on any atom is 0.259 e. The molecule has 0 radical (unpaired) electrons. The minimum absolute atomic E-state index is 0.157. The minimum Gasteiger partial charge on any atom is -0.493 e. The van der Waals surface area contributed by atoms with Gasteiger partial charge in [-0.2, -0.15) is 4.98 Å². The zero-order valence-corrected chi connectivity index (χ0v) is 16.6. The summed E-state index contributed by atoms with van der Waals surface area (Å²) < 4.78 is 16.1. The molecule has 0 amide bonds. The number of methoxy groups -OCH3 is 2. The van der Waals surface area contributed by atoms with Gasteiger partial charge in [-0.1, -0.05) is 11.2 Å². The van der Waals surface area contributed by atoms with Gasteiger partial charge in [0.25, 0.3) is 5.89 Å². The lowest BCUT2D eigenvalue weighted by Crippen LogP contribution is -2.32. The van der Waals surface area contributed by atoms with Crippen molar-refractivity contribution in [3.8, 4) is 23.0 Å². The normalized spacial score (nSPS) is 15.4. The molecule has 8 heteroatoms. The number of rotatable bonds is 6. The highest BCUT2D eigenvalue weighted by molar-refractivity contribution is 5.50. The van der Waals surface area contributed by atoms with E-state index in [4.69, 9.17) is 14.0 Å². The number of aromatic nitrogens is 3. The average Bonchev–Trinajstić information content (AvgIpc) is 3.25. The first-order chi connectivity index (χ1) is 14.2. The van der Waals surface area contributed by atoms with Crippen LogP contribution in [0, 0.1) is 0 Å². The molecule has 8 nitrogen and oxygen atoms in total. The van der Waals surface area contributed by atoms with E-state index < -0.39 is 0 Å². The molecule has 1 fully saturated rings. The first-order valence-electron chi connectivity index (χ1n) is 9.62. The van der Waals surface area contributed by atoms with E-state index in [-0.39, 0.29) is 11.5 Å². The summed E-state index contributed by atoms with van der Waals surface area (Å²) in [7, 11) is 3.29. The van der Waals surface area contributed by atoms with Crippen LogP contribution in [-0.2, 0) is 6.54 Å². The third-order valence-corrected chi connectivity index (χ3v) is 5.28. The molecule has 0 unspecified atom stereocenters. The van der Waals surface area contributed by atoms with Gasteiger partial charge in [-0.05, 0) is 49.7 Å². The van der Waals surface area contributed by atoms with Gasteiger partial charge in [-0.15, -0.1) is 0 Å². The summed E-state index contributed by atoms with van der Waals surface area (Å²) in [4.78, 5) is 20.8. The van der Waals surface area contributed by atoms with Crippen LogP contribution in [0.15, 0.2) is 45.8 Å². The quantitative estimate of drug-likeness (QED) is 0.685. The van der Waals surface area contributed by atoms with Gasteiger partial charge in [0.2, 0.25) is 5.56 Å². The predicted octanol–water partition coefficient (Wildman–Crippen LogP) is 2.82. The highest BCUT2D eigenvalue weighted by Gasteiger charge is 2.25. The van der Waals surface area contributed by atoms with Crippen molar-refractivity contribution in [2.24, 2.45) is 0 Å². The van der Waals surface area contributed by atoms with E-state index in [9.17, 15) is 4.79 Å². The first-order valence-corrected chi connectivity index (χ1v) is 9.62. The van der Waals surface area contributed by atoms with Crippen LogP contribution in [0.25, 0.3) is 11.5 Å².